The summed E-state index contributed by atoms with van der Waals surface area (Å²) < 4.78 is 0. The molecule has 2 rings (SSSR count). The van der Waals surface area contributed by atoms with Crippen LogP contribution in [-0.4, -0.2) is 48.6 Å². The Balaban J connectivity index is 1.79. The van der Waals surface area contributed by atoms with E-state index in [0.717, 1.165) is 29.8 Å². The van der Waals surface area contributed by atoms with Crippen molar-refractivity contribution in [2.45, 2.75) is 12.8 Å². The molecule has 1 heterocycles. The third-order valence-corrected chi connectivity index (χ3v) is 3.91. The highest BCUT2D eigenvalue weighted by molar-refractivity contribution is 7.80. The van der Waals surface area contributed by atoms with Crippen LogP contribution in [0.2, 0.25) is 0 Å². The maximum absolute atomic E-state index is 5.49. The summed E-state index contributed by atoms with van der Waals surface area (Å²) in [6.07, 6.45) is 2.46. The minimum atomic E-state index is 0.811. The van der Waals surface area contributed by atoms with Gasteiger partial charge in [0.15, 0.2) is 5.11 Å². The summed E-state index contributed by atoms with van der Waals surface area (Å²) in [6.45, 7) is 3.32. The number of likely N-dealkylation sites (tertiary alicyclic amines) is 1. The lowest BCUT2D eigenvalue weighted by molar-refractivity contribution is 0.221. The lowest BCUT2D eigenvalue weighted by atomic mass is 9.97. The average Bonchev–Trinajstić information content (AvgIpc) is 2.40. The van der Waals surface area contributed by atoms with Crippen LogP contribution in [0.1, 0.15) is 12.8 Å². The van der Waals surface area contributed by atoms with Gasteiger partial charge in [0.05, 0.1) is 0 Å². The molecule has 3 nitrogen and oxygen atoms in total. The van der Waals surface area contributed by atoms with Crippen molar-refractivity contribution in [3.05, 3.63) is 30.3 Å². The van der Waals surface area contributed by atoms with Crippen LogP contribution in [0.5, 0.6) is 0 Å². The van der Waals surface area contributed by atoms with E-state index in [2.05, 4.69) is 29.2 Å². The molecule has 1 fully saturated rings. The third kappa shape index (κ3) is 4.48. The van der Waals surface area contributed by atoms with Gasteiger partial charge < -0.3 is 15.1 Å². The maximum atomic E-state index is 5.49. The molecule has 1 aliphatic heterocycles. The van der Waals surface area contributed by atoms with Gasteiger partial charge in [0, 0.05) is 25.3 Å². The van der Waals surface area contributed by atoms with Gasteiger partial charge >= 0.3 is 0 Å². The molecule has 1 aliphatic rings. The number of rotatable bonds is 3. The Hall–Kier alpha value is -1.13. The number of hydrogen-bond donors (Lipinski definition) is 1. The number of piperidine rings is 1. The van der Waals surface area contributed by atoms with Gasteiger partial charge in [-0.25, -0.2) is 0 Å². The van der Waals surface area contributed by atoms with Crippen molar-refractivity contribution in [1.82, 2.24) is 9.80 Å². The molecule has 0 unspecified atom stereocenters. The minimum absolute atomic E-state index is 0.811. The second-order valence-electron chi connectivity index (χ2n) is 5.49. The van der Waals surface area contributed by atoms with Crippen LogP contribution < -0.4 is 5.32 Å². The Morgan fingerprint density at radius 1 is 1.26 bits per heavy atom. The number of nitrogens with one attached hydrogen (secondary N) is 1. The average molecular weight is 277 g/mol. The molecule has 1 N–H and O–H groups in total. The molecule has 19 heavy (non-hydrogen) atoms. The van der Waals surface area contributed by atoms with Gasteiger partial charge in [0.25, 0.3) is 0 Å². The molecule has 0 aliphatic carbocycles. The van der Waals surface area contributed by atoms with Crippen molar-refractivity contribution in [1.29, 1.82) is 0 Å². The van der Waals surface area contributed by atoms with Crippen LogP contribution in [0, 0.1) is 5.92 Å². The molecule has 0 amide bonds. The van der Waals surface area contributed by atoms with Crippen molar-refractivity contribution in [2.75, 3.05) is 39.0 Å². The standard InChI is InChI=1S/C15H23N3S/c1-17(2)12-13-8-10-18(11-9-13)15(19)16-14-6-4-3-5-7-14/h3-7,13H,8-12H2,1-2H3,(H,16,19). The molecule has 1 aromatic rings. The molecule has 1 aromatic carbocycles. The van der Waals surface area contributed by atoms with E-state index < -0.39 is 0 Å². The number of benzene rings is 1. The summed E-state index contributed by atoms with van der Waals surface area (Å²) in [7, 11) is 4.29. The lowest BCUT2D eigenvalue weighted by Gasteiger charge is -2.34. The summed E-state index contributed by atoms with van der Waals surface area (Å²) in [5.74, 6) is 0.811. The van der Waals surface area contributed by atoms with Crippen LogP contribution in [0.25, 0.3) is 0 Å². The Morgan fingerprint density at radius 2 is 1.89 bits per heavy atom. The monoisotopic (exact) mass is 277 g/mol. The highest BCUT2D eigenvalue weighted by atomic mass is 32.1. The van der Waals surface area contributed by atoms with Gasteiger partial charge in [-0.05, 0) is 57.2 Å². The zero-order valence-corrected chi connectivity index (χ0v) is 12.6. The molecule has 0 bridgehead atoms. The predicted molar refractivity (Wildman–Crippen MR) is 85.5 cm³/mol. The second-order valence-corrected chi connectivity index (χ2v) is 5.88. The Morgan fingerprint density at radius 3 is 2.47 bits per heavy atom. The Kier molecular flexibility index (Phi) is 5.16. The summed E-state index contributed by atoms with van der Waals surface area (Å²) in [5, 5.41) is 4.17. The van der Waals surface area contributed by atoms with E-state index in [0.29, 0.717) is 0 Å². The van der Waals surface area contributed by atoms with Crippen LogP contribution >= 0.6 is 12.2 Å². The van der Waals surface area contributed by atoms with Crippen molar-refractivity contribution >= 4 is 23.0 Å². The summed E-state index contributed by atoms with van der Waals surface area (Å²) in [6, 6.07) is 10.2. The molecule has 0 aromatic heterocycles. The number of para-hydroxylation sites is 1. The molecule has 104 valence electrons. The van der Waals surface area contributed by atoms with Crippen LogP contribution in [0.4, 0.5) is 5.69 Å². The first-order valence-corrected chi connectivity index (χ1v) is 7.31. The van der Waals surface area contributed by atoms with Gasteiger partial charge in [0.1, 0.15) is 0 Å². The summed E-state index contributed by atoms with van der Waals surface area (Å²) >= 11 is 5.49. The Labute approximate surface area is 121 Å². The van der Waals surface area contributed by atoms with E-state index in [1.54, 1.807) is 0 Å². The fraction of sp³-hybridized carbons (Fsp3) is 0.533. The van der Waals surface area contributed by atoms with Gasteiger partial charge in [-0.2, -0.15) is 0 Å². The molecule has 1 saturated heterocycles. The van der Waals surface area contributed by atoms with Gasteiger partial charge in [-0.1, -0.05) is 18.2 Å². The molecule has 0 saturated carbocycles. The van der Waals surface area contributed by atoms with E-state index in [1.165, 1.54) is 19.4 Å². The molecule has 0 radical (unpaired) electrons. The van der Waals surface area contributed by atoms with Crippen LogP contribution in [0.15, 0.2) is 30.3 Å². The smallest absolute Gasteiger partial charge is 0.173 e. The van der Waals surface area contributed by atoms with E-state index in [9.17, 15) is 0 Å². The van der Waals surface area contributed by atoms with E-state index in [4.69, 9.17) is 12.2 Å². The maximum Gasteiger partial charge on any atom is 0.173 e. The molecule has 0 atom stereocenters. The first kappa shape index (κ1) is 14.3. The fourth-order valence-electron chi connectivity index (χ4n) is 2.56. The van der Waals surface area contributed by atoms with Crippen molar-refractivity contribution in [2.24, 2.45) is 5.92 Å². The first-order chi connectivity index (χ1) is 9.15. The zero-order chi connectivity index (χ0) is 13.7. The summed E-state index contributed by atoms with van der Waals surface area (Å²) in [4.78, 5) is 4.56. The number of anilines is 1. The predicted octanol–water partition coefficient (Wildman–Crippen LogP) is 2.66. The SMILES string of the molecule is CN(C)CC1CCN(C(=S)Nc2ccccc2)CC1. The third-order valence-electron chi connectivity index (χ3n) is 3.55. The van der Waals surface area contributed by atoms with Gasteiger partial charge in [-0.3, -0.25) is 0 Å². The van der Waals surface area contributed by atoms with Gasteiger partial charge in [0.2, 0.25) is 0 Å². The number of hydrogen-bond acceptors (Lipinski definition) is 2. The normalized spacial score (nSPS) is 16.7. The minimum Gasteiger partial charge on any atom is -0.349 e. The molecular formula is C15H23N3S. The quantitative estimate of drug-likeness (QED) is 0.856. The lowest BCUT2D eigenvalue weighted by Crippen LogP contribution is -2.42. The van der Waals surface area contributed by atoms with E-state index in [1.807, 2.05) is 30.3 Å². The number of thiocarbonyl (C=S) groups is 1. The molecular weight excluding hydrogens is 254 g/mol. The highest BCUT2D eigenvalue weighted by Crippen LogP contribution is 2.18. The second kappa shape index (κ2) is 6.87. The van der Waals surface area contributed by atoms with Crippen LogP contribution in [-0.2, 0) is 0 Å². The topological polar surface area (TPSA) is 18.5 Å². The van der Waals surface area contributed by atoms with Crippen molar-refractivity contribution in [3.63, 3.8) is 0 Å². The van der Waals surface area contributed by atoms with E-state index >= 15 is 0 Å². The summed E-state index contributed by atoms with van der Waals surface area (Å²) in [5.41, 5.74) is 1.07. The Bertz CT molecular complexity index is 397. The van der Waals surface area contributed by atoms with Crippen molar-refractivity contribution in [3.8, 4) is 0 Å². The van der Waals surface area contributed by atoms with E-state index in [-0.39, 0.29) is 0 Å². The highest BCUT2D eigenvalue weighted by Gasteiger charge is 2.21. The fourth-order valence-corrected chi connectivity index (χ4v) is 2.86. The molecule has 4 heteroatoms. The van der Waals surface area contributed by atoms with Gasteiger partial charge in [-0.15, -0.1) is 0 Å². The largest absolute Gasteiger partial charge is 0.349 e. The molecule has 0 spiro atoms. The van der Waals surface area contributed by atoms with Crippen molar-refractivity contribution < 1.29 is 0 Å². The van der Waals surface area contributed by atoms with Crippen LogP contribution in [0.3, 0.4) is 0 Å². The first-order valence-electron chi connectivity index (χ1n) is 6.91. The number of nitrogens with zero attached hydrogens (tertiary/aromatic N) is 2. The zero-order valence-electron chi connectivity index (χ0n) is 11.8.